The molecule has 0 heterocycles. The molecule has 3 rings (SSSR count). The summed E-state index contributed by atoms with van der Waals surface area (Å²) in [5.74, 6) is 1.33. The van der Waals surface area contributed by atoms with Crippen LogP contribution in [0.25, 0.3) is 0 Å². The van der Waals surface area contributed by atoms with Gasteiger partial charge in [0.05, 0.1) is 28.7 Å². The third-order valence-electron chi connectivity index (χ3n) is 11.1. The number of phenols is 1. The zero-order valence-electron chi connectivity index (χ0n) is 38.4. The van der Waals surface area contributed by atoms with Crippen LogP contribution in [-0.2, 0) is 27.3 Å². The van der Waals surface area contributed by atoms with E-state index in [4.69, 9.17) is 14.5 Å². The minimum Gasteiger partial charge on any atom is -0.506 e. The largest absolute Gasteiger partial charge is 0.506 e. The Morgan fingerprint density at radius 3 is 1.41 bits per heavy atom. The summed E-state index contributed by atoms with van der Waals surface area (Å²) >= 11 is 3.30. The van der Waals surface area contributed by atoms with E-state index in [-0.39, 0.29) is 49.1 Å². The molecule has 3 aromatic rings. The van der Waals surface area contributed by atoms with Crippen LogP contribution in [0.3, 0.4) is 0 Å². The molecular weight excluding hydrogens is 792 g/mol. The molecule has 0 amide bonds. The highest BCUT2D eigenvalue weighted by molar-refractivity contribution is 9.10. The summed E-state index contributed by atoms with van der Waals surface area (Å²) in [7, 11) is 0. The normalized spacial score (nSPS) is 14.2. The van der Waals surface area contributed by atoms with Gasteiger partial charge in [-0.3, -0.25) is 15.1 Å². The maximum absolute atomic E-state index is 14.3. The number of hydrogen-bond acceptors (Lipinski definition) is 7. The highest BCUT2D eigenvalue weighted by atomic mass is 79.9. The summed E-state index contributed by atoms with van der Waals surface area (Å²) in [6.45, 7) is 35.7. The number of hydrogen-bond donors (Lipinski definition) is 2. The van der Waals surface area contributed by atoms with Crippen LogP contribution < -0.4 is 9.47 Å². The van der Waals surface area contributed by atoms with Crippen LogP contribution in [-0.4, -0.2) is 40.6 Å². The number of nitro benzene ring substituents is 1. The van der Waals surface area contributed by atoms with Crippen molar-refractivity contribution in [1.29, 1.82) is 0 Å². The predicted molar refractivity (Wildman–Crippen MR) is 245 cm³/mol. The van der Waals surface area contributed by atoms with Crippen molar-refractivity contribution in [2.75, 3.05) is 13.2 Å². The molecule has 2 unspecified atom stereocenters. The lowest BCUT2D eigenvalue weighted by atomic mass is 9.68. The Morgan fingerprint density at radius 2 is 1.10 bits per heavy atom. The molecule has 2 atom stereocenters. The zero-order chi connectivity index (χ0) is 44.2. The minimum atomic E-state index is -1.75. The summed E-state index contributed by atoms with van der Waals surface area (Å²) in [4.78, 5) is 16.6. The third-order valence-corrected chi connectivity index (χ3v) is 11.7. The first kappa shape index (κ1) is 48.9. The average molecular weight is 866 g/mol. The number of non-ortho nitro benzene ring substituents is 1. The molecule has 0 fully saturated rings. The number of nitrogens with zero attached hydrogens (tertiary/aromatic N) is 2. The number of aromatic hydroxyl groups is 1. The molecule has 3 aromatic carbocycles. The van der Waals surface area contributed by atoms with Gasteiger partial charge in [-0.1, -0.05) is 130 Å². The lowest BCUT2D eigenvalue weighted by Crippen LogP contribution is -2.44. The number of nitro groups is 1. The maximum Gasteiger partial charge on any atom is 0.271 e. The molecule has 0 radical (unpaired) electrons. The standard InChI is InChI=1S/C49H73BrN2O6/c1-17-20-22-57-42-36(45(5,6)7)25-33(26-37(42)46(8,9)10)49(54,44(31(4)19-3)51-30-32-24-35(52(55)56)29-40(50)41(32)53)34-27-38(47(11,12)13)43(58-23-21-18-2)39(28-34)48(14,15)16/h24-31,44,53-54H,17-23H2,1-16H3. The van der Waals surface area contributed by atoms with Gasteiger partial charge in [-0.25, -0.2) is 0 Å². The van der Waals surface area contributed by atoms with E-state index in [1.54, 1.807) is 0 Å². The molecule has 2 N–H and O–H groups in total. The van der Waals surface area contributed by atoms with Crippen LogP contribution in [0.5, 0.6) is 17.2 Å². The van der Waals surface area contributed by atoms with Crippen molar-refractivity contribution in [3.05, 3.63) is 89.9 Å². The molecule has 8 nitrogen and oxygen atoms in total. The van der Waals surface area contributed by atoms with Crippen LogP contribution >= 0.6 is 15.9 Å². The molecule has 0 aliphatic heterocycles. The molecule has 58 heavy (non-hydrogen) atoms. The number of rotatable bonds is 16. The van der Waals surface area contributed by atoms with Crippen molar-refractivity contribution >= 4 is 27.8 Å². The second-order valence-electron chi connectivity index (χ2n) is 20.2. The molecule has 322 valence electrons. The number of benzene rings is 3. The summed E-state index contributed by atoms with van der Waals surface area (Å²) in [6, 6.07) is 10.2. The SMILES string of the molecule is CCCCOc1c(C(C)(C)C)cc(C(O)(c2cc(C(C)(C)C)c(OCCCC)c(C(C)(C)C)c2)C(N=Cc2cc([N+](=O)[O-])cc(Br)c2O)C(C)CC)cc1C(C)(C)C. The van der Waals surface area contributed by atoms with Crippen molar-refractivity contribution in [2.45, 2.75) is 176 Å². The molecule has 0 saturated carbocycles. The Hall–Kier alpha value is -3.43. The van der Waals surface area contributed by atoms with Gasteiger partial charge in [0.1, 0.15) is 22.8 Å². The van der Waals surface area contributed by atoms with Crippen LogP contribution in [0, 0.1) is 16.0 Å². The number of unbranched alkanes of at least 4 members (excludes halogenated alkanes) is 2. The van der Waals surface area contributed by atoms with Gasteiger partial charge >= 0.3 is 0 Å². The first-order valence-electron chi connectivity index (χ1n) is 21.2. The highest BCUT2D eigenvalue weighted by Gasteiger charge is 2.46. The van der Waals surface area contributed by atoms with E-state index in [1.165, 1.54) is 18.3 Å². The van der Waals surface area contributed by atoms with Gasteiger partial charge in [0.15, 0.2) is 0 Å². The van der Waals surface area contributed by atoms with Crippen molar-refractivity contribution in [3.8, 4) is 17.2 Å². The first-order chi connectivity index (χ1) is 26.6. The van der Waals surface area contributed by atoms with Gasteiger partial charge in [-0.15, -0.1) is 0 Å². The lowest BCUT2D eigenvalue weighted by molar-refractivity contribution is -0.385. The van der Waals surface area contributed by atoms with E-state index >= 15 is 0 Å². The number of aliphatic hydroxyl groups is 1. The van der Waals surface area contributed by atoms with E-state index in [0.29, 0.717) is 30.8 Å². The maximum atomic E-state index is 14.3. The van der Waals surface area contributed by atoms with Crippen molar-refractivity contribution in [2.24, 2.45) is 10.9 Å². The van der Waals surface area contributed by atoms with E-state index in [2.05, 4.69) is 151 Å². The summed E-state index contributed by atoms with van der Waals surface area (Å²) in [6.07, 6.45) is 5.99. The predicted octanol–water partition coefficient (Wildman–Crippen LogP) is 13.4. The van der Waals surface area contributed by atoms with E-state index in [9.17, 15) is 20.3 Å². The zero-order valence-corrected chi connectivity index (χ0v) is 40.0. The van der Waals surface area contributed by atoms with E-state index in [0.717, 1.165) is 59.4 Å². The molecule has 0 spiro atoms. The number of halogens is 1. The average Bonchev–Trinajstić information content (AvgIpc) is 3.11. The van der Waals surface area contributed by atoms with Crippen LogP contribution in [0.1, 0.15) is 182 Å². The third kappa shape index (κ3) is 11.2. The van der Waals surface area contributed by atoms with E-state index < -0.39 is 16.6 Å². The van der Waals surface area contributed by atoms with Gasteiger partial charge in [0.25, 0.3) is 5.69 Å². The molecule has 0 aromatic heterocycles. The number of phenolic OH excluding ortho intramolecular Hbond substituents is 1. The van der Waals surface area contributed by atoms with Crippen molar-refractivity contribution < 1.29 is 24.6 Å². The summed E-state index contributed by atoms with van der Waals surface area (Å²) in [5.41, 5.74) is 2.10. The molecule has 0 aliphatic rings. The monoisotopic (exact) mass is 864 g/mol. The van der Waals surface area contributed by atoms with Gasteiger partial charge in [0.2, 0.25) is 0 Å². The lowest BCUT2D eigenvalue weighted by Gasteiger charge is -2.42. The van der Waals surface area contributed by atoms with Crippen LogP contribution in [0.2, 0.25) is 0 Å². The van der Waals surface area contributed by atoms with Crippen LogP contribution in [0.4, 0.5) is 5.69 Å². The van der Waals surface area contributed by atoms with Crippen LogP contribution in [0.15, 0.2) is 45.9 Å². The molecular formula is C49H73BrN2O6. The highest BCUT2D eigenvalue weighted by Crippen LogP contribution is 2.50. The van der Waals surface area contributed by atoms with Gasteiger partial charge in [-0.05, 0) is 91.7 Å². The minimum absolute atomic E-state index is 0.168. The summed E-state index contributed by atoms with van der Waals surface area (Å²) in [5, 5.41) is 37.3. The van der Waals surface area contributed by atoms with Gasteiger partial charge < -0.3 is 19.7 Å². The topological polar surface area (TPSA) is 114 Å². The Balaban J connectivity index is 2.71. The first-order valence-corrected chi connectivity index (χ1v) is 22.0. The van der Waals surface area contributed by atoms with Gasteiger partial charge in [0, 0.05) is 46.2 Å². The fourth-order valence-electron chi connectivity index (χ4n) is 7.24. The second kappa shape index (κ2) is 18.9. The fraction of sp³-hybridized carbons (Fsp3) is 0.612. The summed E-state index contributed by atoms with van der Waals surface area (Å²) < 4.78 is 13.6. The quantitative estimate of drug-likeness (QED) is 0.0641. The van der Waals surface area contributed by atoms with Crippen molar-refractivity contribution in [1.82, 2.24) is 0 Å². The van der Waals surface area contributed by atoms with E-state index in [1.807, 2.05) is 0 Å². The Morgan fingerprint density at radius 1 is 0.724 bits per heavy atom. The Kier molecular flexibility index (Phi) is 15.9. The fourth-order valence-corrected chi connectivity index (χ4v) is 7.71. The van der Waals surface area contributed by atoms with Gasteiger partial charge in [-0.2, -0.15) is 0 Å². The Labute approximate surface area is 358 Å². The second-order valence-corrected chi connectivity index (χ2v) is 21.1. The Bertz CT molecular complexity index is 1760. The molecule has 0 saturated heterocycles. The number of aliphatic imine (C=N–C) groups is 1. The number of ether oxygens (including phenoxy) is 2. The molecule has 9 heteroatoms. The van der Waals surface area contributed by atoms with Crippen molar-refractivity contribution in [3.63, 3.8) is 0 Å². The molecule has 0 bridgehead atoms. The molecule has 0 aliphatic carbocycles. The smallest absolute Gasteiger partial charge is 0.271 e.